The Bertz CT molecular complexity index is 857. The first-order valence-corrected chi connectivity index (χ1v) is 8.59. The van der Waals surface area contributed by atoms with Crippen LogP contribution in [-0.4, -0.2) is 25.8 Å². The van der Waals surface area contributed by atoms with Crippen LogP contribution in [0.5, 0.6) is 11.5 Å². The van der Waals surface area contributed by atoms with Gasteiger partial charge in [-0.25, -0.2) is 0 Å². The van der Waals surface area contributed by atoms with Crippen molar-refractivity contribution in [2.24, 2.45) is 5.10 Å². The molecule has 1 heterocycles. The fourth-order valence-corrected chi connectivity index (χ4v) is 2.88. The molecule has 3 rings (SSSR count). The maximum atomic E-state index is 13.0. The minimum atomic E-state index is -0.135. The summed E-state index contributed by atoms with van der Waals surface area (Å²) < 4.78 is 10.7. The number of carbonyl (C=O) groups is 1. The standard InChI is InChI=1S/C21H22N2O3/c1-4-8-19-18(14-15-13-17(25-2)11-12-20(15)26-3)21(24)23(22-19)16-9-6-5-7-10-16/h5-7,9-14H,4,8H2,1-3H3. The van der Waals surface area contributed by atoms with Crippen LogP contribution in [0.1, 0.15) is 25.3 Å². The Balaban J connectivity index is 2.04. The summed E-state index contributed by atoms with van der Waals surface area (Å²) in [6, 6.07) is 15.0. The van der Waals surface area contributed by atoms with Crippen LogP contribution >= 0.6 is 0 Å². The number of anilines is 1. The third-order valence-electron chi connectivity index (χ3n) is 4.18. The van der Waals surface area contributed by atoms with Gasteiger partial charge in [0.1, 0.15) is 11.5 Å². The average molecular weight is 350 g/mol. The predicted molar refractivity (Wildman–Crippen MR) is 104 cm³/mol. The molecule has 0 spiro atoms. The van der Waals surface area contributed by atoms with Crippen molar-refractivity contribution < 1.29 is 14.3 Å². The lowest BCUT2D eigenvalue weighted by Crippen LogP contribution is -2.21. The van der Waals surface area contributed by atoms with Gasteiger partial charge in [0.15, 0.2) is 0 Å². The van der Waals surface area contributed by atoms with E-state index >= 15 is 0 Å². The number of hydrogen-bond acceptors (Lipinski definition) is 4. The molecule has 0 fully saturated rings. The molecule has 1 amide bonds. The summed E-state index contributed by atoms with van der Waals surface area (Å²) in [5.41, 5.74) is 2.91. The molecule has 5 heteroatoms. The molecule has 0 radical (unpaired) electrons. The van der Waals surface area contributed by atoms with Crippen LogP contribution < -0.4 is 14.5 Å². The van der Waals surface area contributed by atoms with Crippen LogP contribution in [-0.2, 0) is 4.79 Å². The minimum Gasteiger partial charge on any atom is -0.497 e. The van der Waals surface area contributed by atoms with Crippen molar-refractivity contribution in [2.45, 2.75) is 19.8 Å². The Kier molecular flexibility index (Phi) is 5.37. The SMILES string of the molecule is CCCC1=NN(c2ccccc2)C(=O)C1=Cc1cc(OC)ccc1OC. The molecule has 5 nitrogen and oxygen atoms in total. The maximum absolute atomic E-state index is 13.0. The van der Waals surface area contributed by atoms with E-state index in [1.165, 1.54) is 5.01 Å². The number of amides is 1. The fraction of sp³-hybridized carbons (Fsp3) is 0.238. The van der Waals surface area contributed by atoms with E-state index in [0.29, 0.717) is 17.1 Å². The second kappa shape index (κ2) is 7.87. The topological polar surface area (TPSA) is 51.1 Å². The summed E-state index contributed by atoms with van der Waals surface area (Å²) >= 11 is 0. The van der Waals surface area contributed by atoms with Gasteiger partial charge >= 0.3 is 0 Å². The lowest BCUT2D eigenvalue weighted by atomic mass is 10.0. The molecular formula is C21H22N2O3. The predicted octanol–water partition coefficient (Wildman–Crippen LogP) is 4.29. The van der Waals surface area contributed by atoms with Gasteiger partial charge in [-0.3, -0.25) is 4.79 Å². The summed E-state index contributed by atoms with van der Waals surface area (Å²) in [6.07, 6.45) is 3.47. The Hall–Kier alpha value is -3.08. The lowest BCUT2D eigenvalue weighted by molar-refractivity contribution is -0.114. The van der Waals surface area contributed by atoms with Crippen molar-refractivity contribution in [3.63, 3.8) is 0 Å². The number of ether oxygens (including phenoxy) is 2. The number of hydrogen-bond donors (Lipinski definition) is 0. The number of carbonyl (C=O) groups excluding carboxylic acids is 1. The van der Waals surface area contributed by atoms with Crippen LogP contribution in [0.2, 0.25) is 0 Å². The van der Waals surface area contributed by atoms with Crippen LogP contribution in [0, 0.1) is 0 Å². The molecule has 0 aromatic heterocycles. The van der Waals surface area contributed by atoms with Gasteiger partial charge in [0, 0.05) is 5.56 Å². The Morgan fingerprint density at radius 3 is 2.50 bits per heavy atom. The highest BCUT2D eigenvalue weighted by molar-refractivity contribution is 6.32. The zero-order chi connectivity index (χ0) is 18.5. The third-order valence-corrected chi connectivity index (χ3v) is 4.18. The third kappa shape index (κ3) is 3.47. The monoisotopic (exact) mass is 350 g/mol. The molecule has 134 valence electrons. The first-order valence-electron chi connectivity index (χ1n) is 8.59. The van der Waals surface area contributed by atoms with Crippen molar-refractivity contribution in [3.8, 4) is 11.5 Å². The van der Waals surface area contributed by atoms with E-state index in [-0.39, 0.29) is 5.91 Å². The largest absolute Gasteiger partial charge is 0.497 e. The Morgan fingerprint density at radius 1 is 1.08 bits per heavy atom. The van der Waals surface area contributed by atoms with E-state index in [4.69, 9.17) is 9.47 Å². The molecule has 0 saturated heterocycles. The second-order valence-corrected chi connectivity index (χ2v) is 5.92. The van der Waals surface area contributed by atoms with Crippen LogP contribution in [0.4, 0.5) is 5.69 Å². The van der Waals surface area contributed by atoms with Gasteiger partial charge in [-0.1, -0.05) is 31.5 Å². The number of rotatable bonds is 6. The molecule has 26 heavy (non-hydrogen) atoms. The molecule has 0 unspecified atom stereocenters. The Labute approximate surface area is 153 Å². The summed E-state index contributed by atoms with van der Waals surface area (Å²) in [6.45, 7) is 2.07. The molecule has 0 atom stereocenters. The van der Waals surface area contributed by atoms with Gasteiger partial charge < -0.3 is 9.47 Å². The molecule has 2 aromatic carbocycles. The van der Waals surface area contributed by atoms with E-state index in [0.717, 1.165) is 29.8 Å². The summed E-state index contributed by atoms with van der Waals surface area (Å²) in [5.74, 6) is 1.25. The summed E-state index contributed by atoms with van der Waals surface area (Å²) in [4.78, 5) is 13.0. The smallest absolute Gasteiger partial charge is 0.280 e. The zero-order valence-corrected chi connectivity index (χ0v) is 15.2. The summed E-state index contributed by atoms with van der Waals surface area (Å²) in [5, 5.41) is 6.03. The van der Waals surface area contributed by atoms with Gasteiger partial charge in [-0.15, -0.1) is 0 Å². The highest BCUT2D eigenvalue weighted by atomic mass is 16.5. The van der Waals surface area contributed by atoms with Crippen molar-refractivity contribution >= 4 is 23.4 Å². The number of benzene rings is 2. The van der Waals surface area contributed by atoms with Gasteiger partial charge in [-0.2, -0.15) is 10.1 Å². The highest BCUT2D eigenvalue weighted by Gasteiger charge is 2.30. The van der Waals surface area contributed by atoms with Gasteiger partial charge in [0.2, 0.25) is 0 Å². The van der Waals surface area contributed by atoms with Crippen molar-refractivity contribution in [3.05, 3.63) is 59.7 Å². The molecule has 1 aliphatic rings. The van der Waals surface area contributed by atoms with E-state index in [1.807, 2.05) is 54.6 Å². The van der Waals surface area contributed by atoms with Gasteiger partial charge in [0.05, 0.1) is 31.2 Å². The number of hydrazone groups is 1. The number of methoxy groups -OCH3 is 2. The molecule has 0 bridgehead atoms. The van der Waals surface area contributed by atoms with Crippen LogP contribution in [0.25, 0.3) is 6.08 Å². The molecule has 0 N–H and O–H groups in total. The quantitative estimate of drug-likeness (QED) is 0.730. The number of para-hydroxylation sites is 1. The first-order chi connectivity index (χ1) is 12.7. The van der Waals surface area contributed by atoms with Gasteiger partial charge in [-0.05, 0) is 42.8 Å². The van der Waals surface area contributed by atoms with E-state index in [9.17, 15) is 4.79 Å². The minimum absolute atomic E-state index is 0.135. The van der Waals surface area contributed by atoms with Crippen molar-refractivity contribution in [1.82, 2.24) is 0 Å². The van der Waals surface area contributed by atoms with Crippen molar-refractivity contribution in [1.29, 1.82) is 0 Å². The van der Waals surface area contributed by atoms with Crippen molar-refractivity contribution in [2.75, 3.05) is 19.2 Å². The van der Waals surface area contributed by atoms with E-state index in [1.54, 1.807) is 14.2 Å². The van der Waals surface area contributed by atoms with Crippen LogP contribution in [0.3, 0.4) is 0 Å². The Morgan fingerprint density at radius 2 is 1.85 bits per heavy atom. The normalized spacial score (nSPS) is 15.3. The second-order valence-electron chi connectivity index (χ2n) is 5.92. The van der Waals surface area contributed by atoms with Crippen LogP contribution in [0.15, 0.2) is 59.2 Å². The first kappa shape index (κ1) is 17.7. The van der Waals surface area contributed by atoms with Gasteiger partial charge in [0.25, 0.3) is 5.91 Å². The van der Waals surface area contributed by atoms with E-state index < -0.39 is 0 Å². The molecular weight excluding hydrogens is 328 g/mol. The molecule has 0 aliphatic carbocycles. The molecule has 0 saturated carbocycles. The maximum Gasteiger partial charge on any atom is 0.280 e. The zero-order valence-electron chi connectivity index (χ0n) is 15.2. The molecule has 2 aromatic rings. The van der Waals surface area contributed by atoms with E-state index in [2.05, 4.69) is 12.0 Å². The molecule has 1 aliphatic heterocycles. The average Bonchev–Trinajstić information content (AvgIpc) is 2.98. The highest BCUT2D eigenvalue weighted by Crippen LogP contribution is 2.30. The lowest BCUT2D eigenvalue weighted by Gasteiger charge is -2.11. The number of nitrogens with zero attached hydrogens (tertiary/aromatic N) is 2. The fourth-order valence-electron chi connectivity index (χ4n) is 2.88. The summed E-state index contributed by atoms with van der Waals surface area (Å²) in [7, 11) is 3.22.